The zero-order chi connectivity index (χ0) is 8.15. The van der Waals surface area contributed by atoms with Gasteiger partial charge in [-0.15, -0.1) is 6.61 Å². The molecule has 11 heavy (non-hydrogen) atoms. The van der Waals surface area contributed by atoms with Crippen LogP contribution in [-0.2, 0) is 0 Å². The predicted molar refractivity (Wildman–Crippen MR) is 41.8 cm³/mol. The van der Waals surface area contributed by atoms with Crippen LogP contribution >= 0.6 is 0 Å². The maximum Gasteiger partial charge on any atom is 1.00 e. The Balaban J connectivity index is 0. The third-order valence-electron chi connectivity index (χ3n) is 1.68. The molecule has 0 rings (SSSR count). The third kappa shape index (κ3) is 5.75. The molecule has 0 saturated heterocycles. The smallest absolute Gasteiger partial charge is 0.854 e. The van der Waals surface area contributed by atoms with Gasteiger partial charge >= 0.3 is 18.9 Å². The summed E-state index contributed by atoms with van der Waals surface area (Å²) in [5, 5.41) is 10.3. The molecule has 0 bridgehead atoms. The molecule has 2 nitrogen and oxygen atoms in total. The minimum atomic E-state index is 0. The van der Waals surface area contributed by atoms with E-state index < -0.39 is 0 Å². The third-order valence-corrected chi connectivity index (χ3v) is 1.68. The van der Waals surface area contributed by atoms with Crippen molar-refractivity contribution in [3.05, 3.63) is 0 Å². The molecule has 0 aliphatic rings. The molecule has 3 heteroatoms. The normalized spacial score (nSPS) is 10.9. The van der Waals surface area contributed by atoms with Gasteiger partial charge in [0.25, 0.3) is 0 Å². The zero-order valence-electron chi connectivity index (χ0n) is 8.42. The fourth-order valence-electron chi connectivity index (χ4n) is 1.22. The molecule has 0 radical (unpaired) electrons. The molecule has 0 unspecified atom stereocenters. The summed E-state index contributed by atoms with van der Waals surface area (Å²) < 4.78 is 0. The maximum absolute atomic E-state index is 10.3. The largest absolute Gasteiger partial charge is 1.00 e. The van der Waals surface area contributed by atoms with E-state index in [1.807, 2.05) is 0 Å². The van der Waals surface area contributed by atoms with E-state index in [9.17, 15) is 5.11 Å². The zero-order valence-corrected chi connectivity index (χ0v) is 8.42. The van der Waals surface area contributed by atoms with Gasteiger partial charge in [-0.25, -0.2) is 0 Å². The molecule has 0 saturated carbocycles. The van der Waals surface area contributed by atoms with Gasteiger partial charge in [0.15, 0.2) is 0 Å². The van der Waals surface area contributed by atoms with Crippen LogP contribution in [0.4, 0.5) is 0 Å². The molecule has 0 aromatic carbocycles. The maximum atomic E-state index is 10.3. The summed E-state index contributed by atoms with van der Waals surface area (Å²) in [7, 11) is 0. The van der Waals surface area contributed by atoms with E-state index >= 15 is 0 Å². The fraction of sp³-hybridized carbons (Fsp3) is 1.00. The molecule has 0 spiro atoms. The molecule has 0 aliphatic carbocycles. The molecule has 0 aliphatic heterocycles. The predicted octanol–water partition coefficient (Wildman–Crippen LogP) is -2.53. The minimum absolute atomic E-state index is 0. The van der Waals surface area contributed by atoms with Crippen LogP contribution < -0.4 is 24.0 Å². The Morgan fingerprint density at radius 3 is 1.55 bits per heavy atom. The number of rotatable bonds is 4. The van der Waals surface area contributed by atoms with Crippen LogP contribution in [0, 0.1) is 0 Å². The Morgan fingerprint density at radius 2 is 1.45 bits per heavy atom. The second-order valence-electron chi connectivity index (χ2n) is 3.13. The van der Waals surface area contributed by atoms with Crippen LogP contribution in [0.2, 0.25) is 0 Å². The summed E-state index contributed by atoms with van der Waals surface area (Å²) >= 11 is 0. The first-order chi connectivity index (χ1) is 4.59. The van der Waals surface area contributed by atoms with Gasteiger partial charge < -0.3 is 5.11 Å². The topological polar surface area (TPSA) is 26.3 Å². The van der Waals surface area contributed by atoms with E-state index in [1.54, 1.807) is 0 Å². The van der Waals surface area contributed by atoms with E-state index in [0.717, 1.165) is 0 Å². The molecule has 0 atom stereocenters. The first kappa shape index (κ1) is 14.1. The fourth-order valence-corrected chi connectivity index (χ4v) is 1.22. The van der Waals surface area contributed by atoms with Crippen molar-refractivity contribution in [1.82, 2.24) is 4.90 Å². The van der Waals surface area contributed by atoms with Crippen LogP contribution in [0.25, 0.3) is 0 Å². The van der Waals surface area contributed by atoms with Crippen LogP contribution in [0.3, 0.4) is 0 Å². The summed E-state index contributed by atoms with van der Waals surface area (Å²) in [6.07, 6.45) is 0. The molecule has 62 valence electrons. The summed E-state index contributed by atoms with van der Waals surface area (Å²) in [5.74, 6) is 0. The van der Waals surface area contributed by atoms with Gasteiger partial charge in [0.2, 0.25) is 0 Å². The van der Waals surface area contributed by atoms with E-state index in [0.29, 0.717) is 18.6 Å². The van der Waals surface area contributed by atoms with Crippen LogP contribution in [-0.4, -0.2) is 30.1 Å². The monoisotopic (exact) mass is 151 g/mol. The molecule has 0 aromatic rings. The van der Waals surface area contributed by atoms with Gasteiger partial charge in [-0.2, -0.15) is 0 Å². The van der Waals surface area contributed by atoms with Crippen molar-refractivity contribution in [1.29, 1.82) is 0 Å². The number of hydrogen-bond acceptors (Lipinski definition) is 2. The average Bonchev–Trinajstić information content (AvgIpc) is 1.81. The molecule has 0 aromatic heterocycles. The SMILES string of the molecule is CC(C)N(CC[O-])C(C)C.[Li+]. The van der Waals surface area contributed by atoms with E-state index in [1.165, 1.54) is 0 Å². The Bertz CT molecular complexity index is 78.2. The van der Waals surface area contributed by atoms with Crippen molar-refractivity contribution in [3.63, 3.8) is 0 Å². The van der Waals surface area contributed by atoms with Crippen molar-refractivity contribution in [2.45, 2.75) is 39.8 Å². The Labute approximate surface area is 82.1 Å². The Morgan fingerprint density at radius 1 is 1.09 bits per heavy atom. The second kappa shape index (κ2) is 7.18. The van der Waals surface area contributed by atoms with E-state index in [4.69, 9.17) is 0 Å². The minimum Gasteiger partial charge on any atom is -0.854 e. The van der Waals surface area contributed by atoms with Crippen LogP contribution in [0.5, 0.6) is 0 Å². The van der Waals surface area contributed by atoms with Crippen molar-refractivity contribution in [2.24, 2.45) is 0 Å². The van der Waals surface area contributed by atoms with E-state index in [-0.39, 0.29) is 25.5 Å². The standard InChI is InChI=1S/C8H18NO.Li/c1-7(2)9(5-6-10)8(3)4;/h7-8H,5-6H2,1-4H3;/q-1;+1. The molecule has 0 N–H and O–H groups in total. The van der Waals surface area contributed by atoms with Gasteiger partial charge in [-0.05, 0) is 34.2 Å². The van der Waals surface area contributed by atoms with Gasteiger partial charge in [-0.3, -0.25) is 4.90 Å². The van der Waals surface area contributed by atoms with Gasteiger partial charge in [0, 0.05) is 12.1 Å². The molecule has 0 fully saturated rings. The summed E-state index contributed by atoms with van der Waals surface area (Å²) in [4.78, 5) is 2.20. The van der Waals surface area contributed by atoms with E-state index in [2.05, 4.69) is 32.6 Å². The quantitative estimate of drug-likeness (QED) is 0.414. The van der Waals surface area contributed by atoms with Gasteiger partial charge in [-0.1, -0.05) is 0 Å². The Kier molecular flexibility index (Phi) is 9.18. The number of hydrogen-bond donors (Lipinski definition) is 0. The second-order valence-corrected chi connectivity index (χ2v) is 3.13. The molecular weight excluding hydrogens is 133 g/mol. The van der Waals surface area contributed by atoms with Crippen molar-refractivity contribution in [3.8, 4) is 0 Å². The van der Waals surface area contributed by atoms with Crippen molar-refractivity contribution in [2.75, 3.05) is 13.2 Å². The summed E-state index contributed by atoms with van der Waals surface area (Å²) in [6.45, 7) is 9.17. The van der Waals surface area contributed by atoms with Crippen molar-refractivity contribution >= 4 is 0 Å². The molecular formula is C8H18LiNO. The van der Waals surface area contributed by atoms with Gasteiger partial charge in [0.1, 0.15) is 0 Å². The van der Waals surface area contributed by atoms with Crippen molar-refractivity contribution < 1.29 is 24.0 Å². The first-order valence-corrected chi connectivity index (χ1v) is 3.93. The average molecular weight is 151 g/mol. The van der Waals surface area contributed by atoms with Gasteiger partial charge in [0.05, 0.1) is 0 Å². The first-order valence-electron chi connectivity index (χ1n) is 3.93. The molecule has 0 heterocycles. The van der Waals surface area contributed by atoms with Crippen LogP contribution in [0.15, 0.2) is 0 Å². The summed E-state index contributed by atoms with van der Waals surface area (Å²) in [5.41, 5.74) is 0. The van der Waals surface area contributed by atoms with Crippen LogP contribution in [0.1, 0.15) is 27.7 Å². The molecule has 0 amide bonds. The summed E-state index contributed by atoms with van der Waals surface area (Å²) in [6, 6.07) is 0.989. The number of nitrogens with zero attached hydrogens (tertiary/aromatic N) is 1. The Hall–Kier alpha value is 0.517.